The Balaban J connectivity index is 1.96. The molecule has 2 N–H and O–H groups in total. The smallest absolute Gasteiger partial charge is 0.219 e. The zero-order chi connectivity index (χ0) is 12.0. The van der Waals surface area contributed by atoms with Gasteiger partial charge in [-0.05, 0) is 36.0 Å². The average Bonchev–Trinajstić information content (AvgIpc) is 2.49. The van der Waals surface area contributed by atoms with Crippen LogP contribution in [-0.4, -0.2) is 18.6 Å². The Kier molecular flexibility index (Phi) is 2.77. The summed E-state index contributed by atoms with van der Waals surface area (Å²) in [5.41, 5.74) is 5.79. The fraction of sp³-hybridized carbons (Fsp3) is 0.923. The second kappa shape index (κ2) is 3.73. The summed E-state index contributed by atoms with van der Waals surface area (Å²) in [7, 11) is 0. The van der Waals surface area contributed by atoms with Gasteiger partial charge in [-0.25, -0.2) is 0 Å². The van der Waals surface area contributed by atoms with E-state index in [1.807, 2.05) is 0 Å². The molecule has 2 bridgehead atoms. The molecule has 0 aromatic heterocycles. The Bertz CT molecular complexity index is 300. The van der Waals surface area contributed by atoms with Gasteiger partial charge < -0.3 is 10.5 Å². The number of hydrogen-bond donors (Lipinski definition) is 1. The maximum absolute atomic E-state index is 10.7. The first kappa shape index (κ1) is 11.9. The molecule has 0 radical (unpaired) electrons. The molecule has 2 rings (SSSR count). The van der Waals surface area contributed by atoms with Crippen LogP contribution in [0, 0.1) is 16.7 Å². The van der Waals surface area contributed by atoms with Crippen LogP contribution in [0.5, 0.6) is 0 Å². The molecule has 0 aromatic carbocycles. The van der Waals surface area contributed by atoms with Crippen LogP contribution in [0.3, 0.4) is 0 Å². The molecule has 2 aliphatic rings. The predicted molar refractivity (Wildman–Crippen MR) is 62.8 cm³/mol. The third-order valence-corrected chi connectivity index (χ3v) is 5.38. The van der Waals surface area contributed by atoms with E-state index in [4.69, 9.17) is 10.5 Å². The molecular formula is C13H23NO2. The van der Waals surface area contributed by atoms with Crippen LogP contribution in [0.1, 0.15) is 46.5 Å². The molecule has 92 valence electrons. The van der Waals surface area contributed by atoms with E-state index in [0.717, 1.165) is 12.3 Å². The second-order valence-corrected chi connectivity index (χ2v) is 6.19. The lowest BCUT2D eigenvalue weighted by molar-refractivity contribution is -0.120. The SMILES string of the molecule is CC1(C)C2CCC1(C)C(OCCC(N)=O)C2. The van der Waals surface area contributed by atoms with Gasteiger partial charge in [0.15, 0.2) is 0 Å². The van der Waals surface area contributed by atoms with Gasteiger partial charge in [0.25, 0.3) is 0 Å². The molecule has 0 spiro atoms. The number of hydrogen-bond acceptors (Lipinski definition) is 2. The van der Waals surface area contributed by atoms with Gasteiger partial charge in [-0.1, -0.05) is 20.8 Å². The summed E-state index contributed by atoms with van der Waals surface area (Å²) < 4.78 is 5.89. The Labute approximate surface area is 97.7 Å². The number of nitrogens with two attached hydrogens (primary N) is 1. The topological polar surface area (TPSA) is 52.3 Å². The predicted octanol–water partition coefficient (Wildman–Crippen LogP) is 2.09. The molecule has 3 atom stereocenters. The lowest BCUT2D eigenvalue weighted by Crippen LogP contribution is -2.37. The summed E-state index contributed by atoms with van der Waals surface area (Å²) in [5.74, 6) is 0.517. The van der Waals surface area contributed by atoms with Crippen molar-refractivity contribution < 1.29 is 9.53 Å². The van der Waals surface area contributed by atoms with E-state index in [0.29, 0.717) is 24.5 Å². The summed E-state index contributed by atoms with van der Waals surface area (Å²) in [4.78, 5) is 10.7. The van der Waals surface area contributed by atoms with Crippen LogP contribution in [0.2, 0.25) is 0 Å². The summed E-state index contributed by atoms with van der Waals surface area (Å²) in [6.45, 7) is 7.55. The number of ether oxygens (including phenoxy) is 1. The Morgan fingerprint density at radius 1 is 1.44 bits per heavy atom. The van der Waals surface area contributed by atoms with Crippen molar-refractivity contribution in [2.45, 2.75) is 52.6 Å². The minimum Gasteiger partial charge on any atom is -0.377 e. The van der Waals surface area contributed by atoms with Crippen molar-refractivity contribution in [2.75, 3.05) is 6.61 Å². The molecule has 3 heteroatoms. The standard InChI is InChI=1S/C13H23NO2/c1-12(2)9-4-6-13(12,3)10(8-9)16-7-5-11(14)15/h9-10H,4-8H2,1-3H3,(H2,14,15). The fourth-order valence-corrected chi connectivity index (χ4v) is 3.68. The van der Waals surface area contributed by atoms with Crippen molar-refractivity contribution in [1.29, 1.82) is 0 Å². The second-order valence-electron chi connectivity index (χ2n) is 6.19. The Hall–Kier alpha value is -0.570. The first-order valence-electron chi connectivity index (χ1n) is 6.28. The van der Waals surface area contributed by atoms with Crippen molar-refractivity contribution in [2.24, 2.45) is 22.5 Å². The largest absolute Gasteiger partial charge is 0.377 e. The van der Waals surface area contributed by atoms with Crippen LogP contribution in [0.25, 0.3) is 0 Å². The molecule has 0 aliphatic heterocycles. The number of fused-ring (bicyclic) bond motifs is 2. The van der Waals surface area contributed by atoms with Gasteiger partial charge in [0.2, 0.25) is 5.91 Å². The number of primary amides is 1. The molecule has 0 heterocycles. The summed E-state index contributed by atoms with van der Waals surface area (Å²) in [6, 6.07) is 0. The van der Waals surface area contributed by atoms with Gasteiger partial charge in [0.1, 0.15) is 0 Å². The van der Waals surface area contributed by atoms with Crippen LogP contribution in [-0.2, 0) is 9.53 Å². The van der Waals surface area contributed by atoms with Crippen molar-refractivity contribution in [3.05, 3.63) is 0 Å². The molecule has 2 aliphatic carbocycles. The third-order valence-electron chi connectivity index (χ3n) is 5.38. The maximum atomic E-state index is 10.7. The minimum absolute atomic E-state index is 0.271. The van der Waals surface area contributed by atoms with E-state index in [9.17, 15) is 4.79 Å². The summed E-state index contributed by atoms with van der Waals surface area (Å²) in [5, 5.41) is 0. The van der Waals surface area contributed by atoms with Gasteiger partial charge in [-0.3, -0.25) is 4.79 Å². The molecular weight excluding hydrogens is 202 g/mol. The molecule has 0 saturated heterocycles. The number of rotatable bonds is 4. The number of carbonyl (C=O) groups excluding carboxylic acids is 1. The summed E-state index contributed by atoms with van der Waals surface area (Å²) in [6.07, 6.45) is 4.41. The highest BCUT2D eigenvalue weighted by Crippen LogP contribution is 2.66. The number of amides is 1. The highest BCUT2D eigenvalue weighted by atomic mass is 16.5. The van der Waals surface area contributed by atoms with Crippen LogP contribution in [0.15, 0.2) is 0 Å². The van der Waals surface area contributed by atoms with Crippen LogP contribution in [0.4, 0.5) is 0 Å². The van der Waals surface area contributed by atoms with E-state index in [-0.39, 0.29) is 11.3 Å². The Morgan fingerprint density at radius 3 is 2.56 bits per heavy atom. The van der Waals surface area contributed by atoms with E-state index < -0.39 is 0 Å². The fourth-order valence-electron chi connectivity index (χ4n) is 3.68. The van der Waals surface area contributed by atoms with Gasteiger partial charge in [0, 0.05) is 6.42 Å². The van der Waals surface area contributed by atoms with E-state index in [1.54, 1.807) is 0 Å². The molecule has 3 unspecified atom stereocenters. The number of carbonyl (C=O) groups is 1. The molecule has 1 amide bonds. The highest BCUT2D eigenvalue weighted by Gasteiger charge is 2.61. The van der Waals surface area contributed by atoms with Crippen molar-refractivity contribution in [1.82, 2.24) is 0 Å². The van der Waals surface area contributed by atoms with Gasteiger partial charge in [-0.2, -0.15) is 0 Å². The van der Waals surface area contributed by atoms with E-state index >= 15 is 0 Å². The van der Waals surface area contributed by atoms with E-state index in [2.05, 4.69) is 20.8 Å². The molecule has 0 aromatic rings. The highest BCUT2D eigenvalue weighted by molar-refractivity contribution is 5.73. The van der Waals surface area contributed by atoms with Gasteiger partial charge in [0.05, 0.1) is 12.7 Å². The van der Waals surface area contributed by atoms with Crippen LogP contribution < -0.4 is 5.73 Å². The van der Waals surface area contributed by atoms with Crippen molar-refractivity contribution >= 4 is 5.91 Å². The van der Waals surface area contributed by atoms with Crippen molar-refractivity contribution in [3.8, 4) is 0 Å². The zero-order valence-electron chi connectivity index (χ0n) is 10.6. The molecule has 2 fully saturated rings. The van der Waals surface area contributed by atoms with Crippen LogP contribution >= 0.6 is 0 Å². The summed E-state index contributed by atoms with van der Waals surface area (Å²) >= 11 is 0. The monoisotopic (exact) mass is 225 g/mol. The molecule has 2 saturated carbocycles. The van der Waals surface area contributed by atoms with Crippen molar-refractivity contribution in [3.63, 3.8) is 0 Å². The zero-order valence-corrected chi connectivity index (χ0v) is 10.6. The first-order valence-corrected chi connectivity index (χ1v) is 6.28. The normalized spacial score (nSPS) is 40.2. The average molecular weight is 225 g/mol. The minimum atomic E-state index is -0.271. The molecule has 16 heavy (non-hydrogen) atoms. The first-order chi connectivity index (χ1) is 7.38. The van der Waals surface area contributed by atoms with E-state index in [1.165, 1.54) is 12.8 Å². The lowest BCUT2D eigenvalue weighted by Gasteiger charge is -2.38. The lowest BCUT2D eigenvalue weighted by atomic mass is 9.70. The third kappa shape index (κ3) is 1.56. The Morgan fingerprint density at radius 2 is 2.12 bits per heavy atom. The van der Waals surface area contributed by atoms with Gasteiger partial charge in [-0.15, -0.1) is 0 Å². The molecule has 3 nitrogen and oxygen atoms in total. The van der Waals surface area contributed by atoms with Gasteiger partial charge >= 0.3 is 0 Å². The maximum Gasteiger partial charge on any atom is 0.219 e. The quantitative estimate of drug-likeness (QED) is 0.796.